The molecule has 0 spiro atoms. The molecule has 21 nitrogen and oxygen atoms in total. The number of hydrogen-bond donors (Lipinski definition) is 4. The van der Waals surface area contributed by atoms with E-state index in [-0.39, 0.29) is 34.4 Å². The summed E-state index contributed by atoms with van der Waals surface area (Å²) in [7, 11) is -6.60. The lowest BCUT2D eigenvalue weighted by Crippen LogP contribution is -2.21. The molecule has 0 aliphatic carbocycles. The molecule has 3 aromatic heterocycles. The Morgan fingerprint density at radius 2 is 1.04 bits per heavy atom. The number of hydrogen-bond acceptors (Lipinski definition) is 22. The summed E-state index contributed by atoms with van der Waals surface area (Å²) in [5.41, 5.74) is 5.26. The van der Waals surface area contributed by atoms with Gasteiger partial charge in [0.2, 0.25) is 11.9 Å². The van der Waals surface area contributed by atoms with Gasteiger partial charge in [-0.25, -0.2) is 0 Å². The van der Waals surface area contributed by atoms with Crippen molar-refractivity contribution < 1.29 is 35.4 Å². The average molecular weight is 1070 g/mol. The molecule has 8 aromatic rings. The van der Waals surface area contributed by atoms with Gasteiger partial charge in [0.15, 0.2) is 15.2 Å². The van der Waals surface area contributed by atoms with E-state index in [4.69, 9.17) is 24.4 Å². The molecule has 26 heteroatoms. The summed E-state index contributed by atoms with van der Waals surface area (Å²) < 4.78 is 87.2. The van der Waals surface area contributed by atoms with Gasteiger partial charge in [0.1, 0.15) is 32.7 Å². The molecule has 3 heterocycles. The van der Waals surface area contributed by atoms with Gasteiger partial charge in [0, 0.05) is 54.1 Å². The van der Waals surface area contributed by atoms with E-state index in [2.05, 4.69) is 77.3 Å². The minimum absolute atomic E-state index is 0.0728. The molecular formula is C46H47N13O8S5. The van der Waals surface area contributed by atoms with Crippen LogP contribution < -0.4 is 29.9 Å². The Bertz CT molecular complexity index is 3340. The second-order valence-corrected chi connectivity index (χ2v) is 20.6. The Hall–Kier alpha value is -6.94. The Labute approximate surface area is 427 Å². The van der Waals surface area contributed by atoms with Gasteiger partial charge in [0.05, 0.1) is 36.6 Å². The summed E-state index contributed by atoms with van der Waals surface area (Å²) in [5.74, 6) is 0.766. The topological polar surface area (TPSA) is 272 Å². The molecule has 0 saturated carbocycles. The Balaban J connectivity index is 1.20. The highest BCUT2D eigenvalue weighted by atomic mass is 32.2. The lowest BCUT2D eigenvalue weighted by Gasteiger charge is -2.22. The number of benzene rings is 5. The van der Waals surface area contributed by atoms with Crippen molar-refractivity contribution in [2.75, 3.05) is 60.8 Å². The quantitative estimate of drug-likeness (QED) is 0.0296. The minimum atomic E-state index is -4.60. The zero-order chi connectivity index (χ0) is 51.2. The molecule has 4 N–H and O–H groups in total. The average Bonchev–Trinajstić information content (AvgIpc) is 3.97. The van der Waals surface area contributed by atoms with Gasteiger partial charge in [-0.1, -0.05) is 42.1 Å². The summed E-state index contributed by atoms with van der Waals surface area (Å²) in [6, 6.07) is 26.6. The van der Waals surface area contributed by atoms with Gasteiger partial charge >= 0.3 is 0 Å². The van der Waals surface area contributed by atoms with Crippen LogP contribution in [0.1, 0.15) is 33.3 Å². The minimum Gasteiger partial charge on any atom is -0.495 e. The van der Waals surface area contributed by atoms with Crippen LogP contribution in [0.4, 0.5) is 56.0 Å². The van der Waals surface area contributed by atoms with E-state index in [1.807, 2.05) is 66.7 Å². The highest BCUT2D eigenvalue weighted by Gasteiger charge is 2.23. The molecule has 0 radical (unpaired) electrons. The molecular weight excluding hydrogens is 1020 g/mol. The lowest BCUT2D eigenvalue weighted by atomic mass is 10.2. The van der Waals surface area contributed by atoms with Gasteiger partial charge in [0.25, 0.3) is 20.2 Å². The fraction of sp³-hybridized carbons (Fsp3) is 0.239. The molecule has 0 unspecified atom stereocenters. The van der Waals surface area contributed by atoms with Crippen LogP contribution in [-0.2, 0) is 26.0 Å². The van der Waals surface area contributed by atoms with Crippen molar-refractivity contribution in [1.82, 2.24) is 23.7 Å². The SMILES string of the molecule is CCN(CC)c1ccc(N=Nc2snc3cc(S(=O)(=O)O)c(OC)cc23)c(Nc2nc(Nc3cc(N(CC)CC)ccc3N=Nc3snc4cc(S(=O)(=O)O)c(OC)cc34)nc(SCc3ccccc3)n2)c1. The van der Waals surface area contributed by atoms with Gasteiger partial charge in [-0.15, -0.1) is 20.5 Å². The van der Waals surface area contributed by atoms with Gasteiger partial charge in [-0.3, -0.25) is 9.11 Å². The van der Waals surface area contributed by atoms with E-state index < -0.39 is 30.0 Å². The molecule has 72 heavy (non-hydrogen) atoms. The highest BCUT2D eigenvalue weighted by Crippen LogP contribution is 2.42. The number of rotatable bonds is 21. The Kier molecular flexibility index (Phi) is 15.9. The number of azo groups is 2. The molecule has 5 aromatic carbocycles. The van der Waals surface area contributed by atoms with E-state index in [9.17, 15) is 25.9 Å². The standard InChI is InChI=1S/C46H47N13O8S5/c1-7-58(8-2)28-16-18-32(52-54-42-30-22-38(66-5)40(71(60,61)62)24-34(30)56-69-42)36(20-28)47-44-49-45(51-46(50-44)68-26-27-14-12-11-13-15-27)48-37-21-29(59(9-3)10-4)17-19-33(37)53-55-43-31-23-39(67-6)41(72(63,64)65)25-35(31)57-70-43/h11-25H,7-10,26H2,1-6H3,(H,60,61,62)(H,63,64,65)(H2,47,48,49,50,51). The van der Waals surface area contributed by atoms with Crippen LogP contribution in [0, 0.1) is 0 Å². The van der Waals surface area contributed by atoms with Crippen LogP contribution in [-0.4, -0.2) is 90.0 Å². The Morgan fingerprint density at radius 1 is 0.597 bits per heavy atom. The Morgan fingerprint density at radius 3 is 1.44 bits per heavy atom. The molecule has 0 amide bonds. The third-order valence-electron chi connectivity index (χ3n) is 11.1. The smallest absolute Gasteiger partial charge is 0.298 e. The summed E-state index contributed by atoms with van der Waals surface area (Å²) in [6.07, 6.45) is 0. The van der Waals surface area contributed by atoms with Crippen molar-refractivity contribution in [3.05, 3.63) is 96.6 Å². The van der Waals surface area contributed by atoms with Crippen molar-refractivity contribution in [3.8, 4) is 11.5 Å². The predicted octanol–water partition coefficient (Wildman–Crippen LogP) is 11.9. The summed E-state index contributed by atoms with van der Waals surface area (Å²) in [6.45, 7) is 11.1. The summed E-state index contributed by atoms with van der Waals surface area (Å²) >= 11 is 3.41. The van der Waals surface area contributed by atoms with Crippen LogP contribution in [0.15, 0.2) is 126 Å². The largest absolute Gasteiger partial charge is 0.495 e. The summed E-state index contributed by atoms with van der Waals surface area (Å²) in [5, 5.41) is 27.2. The zero-order valence-electron chi connectivity index (χ0n) is 39.5. The number of anilines is 6. The lowest BCUT2D eigenvalue weighted by molar-refractivity contribution is 0.398. The van der Waals surface area contributed by atoms with Gasteiger partial charge < -0.3 is 29.9 Å². The molecule has 0 fully saturated rings. The normalized spacial score (nSPS) is 12.1. The number of thioether (sulfide) groups is 1. The van der Waals surface area contributed by atoms with E-state index in [0.717, 1.165) is 66.2 Å². The fourth-order valence-corrected chi connectivity index (χ4v) is 10.9. The maximum Gasteiger partial charge on any atom is 0.298 e. The first-order valence-electron chi connectivity index (χ1n) is 22.1. The zero-order valence-corrected chi connectivity index (χ0v) is 43.6. The number of nitrogens with one attached hydrogen (secondary N) is 2. The van der Waals surface area contributed by atoms with E-state index in [1.165, 1.54) is 50.2 Å². The molecule has 0 bridgehead atoms. The van der Waals surface area contributed by atoms with E-state index in [0.29, 0.717) is 54.4 Å². The molecule has 0 saturated heterocycles. The molecule has 8 rings (SSSR count). The van der Waals surface area contributed by atoms with Crippen LogP contribution in [0.3, 0.4) is 0 Å². The van der Waals surface area contributed by atoms with Crippen LogP contribution in [0.25, 0.3) is 21.8 Å². The monoisotopic (exact) mass is 1070 g/mol. The highest BCUT2D eigenvalue weighted by molar-refractivity contribution is 7.98. The van der Waals surface area contributed by atoms with E-state index >= 15 is 0 Å². The predicted molar refractivity (Wildman–Crippen MR) is 283 cm³/mol. The van der Waals surface area contributed by atoms with Crippen molar-refractivity contribution in [3.63, 3.8) is 0 Å². The van der Waals surface area contributed by atoms with Crippen LogP contribution >= 0.6 is 34.8 Å². The fourth-order valence-electron chi connectivity index (χ4n) is 7.43. The van der Waals surface area contributed by atoms with Crippen LogP contribution in [0.5, 0.6) is 11.5 Å². The molecule has 0 aliphatic rings. The molecule has 0 atom stereocenters. The van der Waals surface area contributed by atoms with Gasteiger partial charge in [-0.05, 0) is 117 Å². The first kappa shape index (κ1) is 51.4. The van der Waals surface area contributed by atoms with Crippen molar-refractivity contribution in [2.24, 2.45) is 20.5 Å². The third-order valence-corrected chi connectivity index (χ3v) is 15.3. The van der Waals surface area contributed by atoms with E-state index in [1.54, 1.807) is 0 Å². The first-order valence-corrected chi connectivity index (χ1v) is 27.5. The second-order valence-electron chi connectivity index (χ2n) is 15.4. The van der Waals surface area contributed by atoms with Crippen LogP contribution in [0.2, 0.25) is 0 Å². The van der Waals surface area contributed by atoms with Crippen molar-refractivity contribution >= 4 is 133 Å². The molecule has 0 aliphatic heterocycles. The number of methoxy groups -OCH3 is 2. The van der Waals surface area contributed by atoms with Gasteiger partial charge in [-0.2, -0.15) is 40.5 Å². The third kappa shape index (κ3) is 11.7. The first-order chi connectivity index (χ1) is 34.6. The van der Waals surface area contributed by atoms with Crippen molar-refractivity contribution in [2.45, 2.75) is 48.4 Å². The molecule has 374 valence electrons. The number of nitrogens with zero attached hydrogens (tertiary/aromatic N) is 11. The number of fused-ring (bicyclic) bond motifs is 2. The number of aromatic nitrogens is 5. The summed E-state index contributed by atoms with van der Waals surface area (Å²) in [4.78, 5) is 18.1. The number of ether oxygens (including phenoxy) is 2. The second kappa shape index (κ2) is 22.2. The maximum absolute atomic E-state index is 12.1. The maximum atomic E-state index is 12.1. The van der Waals surface area contributed by atoms with Crippen molar-refractivity contribution in [1.29, 1.82) is 0 Å².